The molecule has 0 bridgehead atoms. The maximum atomic E-state index is 5.94. The number of halogens is 2. The topological polar surface area (TPSA) is 17.8 Å². The van der Waals surface area contributed by atoms with Gasteiger partial charge < -0.3 is 4.57 Å². The van der Waals surface area contributed by atoms with Crippen LogP contribution in [0, 0.1) is 3.57 Å². The van der Waals surface area contributed by atoms with Crippen LogP contribution in [0.4, 0.5) is 0 Å². The molecule has 0 amide bonds. The van der Waals surface area contributed by atoms with Gasteiger partial charge in [-0.05, 0) is 61.1 Å². The lowest BCUT2D eigenvalue weighted by Crippen LogP contribution is -2.28. The fourth-order valence-corrected chi connectivity index (χ4v) is 3.40. The number of imidazole rings is 1. The standard InChI is InChI=1S/C15H20ClIN2/c1-4-8-15(2,3)19-13-6-5-11(17)10-12(13)18-14(19)7-9-16/h5-6,10H,4,7-9H2,1-3H3. The van der Waals surface area contributed by atoms with E-state index in [9.17, 15) is 0 Å². The minimum absolute atomic E-state index is 0.0810. The smallest absolute Gasteiger partial charge is 0.111 e. The molecule has 2 aromatic rings. The molecule has 0 aliphatic carbocycles. The second kappa shape index (κ2) is 6.00. The fourth-order valence-electron chi connectivity index (χ4n) is 2.75. The Morgan fingerprint density at radius 2 is 2.11 bits per heavy atom. The first-order valence-corrected chi connectivity index (χ1v) is 8.34. The summed E-state index contributed by atoms with van der Waals surface area (Å²) in [6.45, 7) is 6.80. The molecule has 0 atom stereocenters. The quantitative estimate of drug-likeness (QED) is 0.521. The van der Waals surface area contributed by atoms with Gasteiger partial charge in [0.15, 0.2) is 0 Å². The summed E-state index contributed by atoms with van der Waals surface area (Å²) in [6, 6.07) is 6.47. The van der Waals surface area contributed by atoms with Gasteiger partial charge in [0, 0.05) is 21.4 Å². The van der Waals surface area contributed by atoms with Gasteiger partial charge in [-0.2, -0.15) is 0 Å². The summed E-state index contributed by atoms with van der Waals surface area (Å²) in [5.74, 6) is 1.72. The maximum Gasteiger partial charge on any atom is 0.111 e. The van der Waals surface area contributed by atoms with Gasteiger partial charge in [0.2, 0.25) is 0 Å². The summed E-state index contributed by atoms with van der Waals surface area (Å²) in [4.78, 5) is 4.79. The number of benzene rings is 1. The summed E-state index contributed by atoms with van der Waals surface area (Å²) in [7, 11) is 0. The van der Waals surface area contributed by atoms with Crippen molar-refractivity contribution >= 4 is 45.2 Å². The predicted octanol–water partition coefficient (Wildman–Crippen LogP) is 4.96. The van der Waals surface area contributed by atoms with Crippen molar-refractivity contribution in [1.82, 2.24) is 9.55 Å². The van der Waals surface area contributed by atoms with Gasteiger partial charge >= 0.3 is 0 Å². The van der Waals surface area contributed by atoms with Crippen LogP contribution >= 0.6 is 34.2 Å². The normalized spacial score (nSPS) is 12.3. The molecule has 1 heterocycles. The van der Waals surface area contributed by atoms with Crippen LogP contribution in [0.25, 0.3) is 11.0 Å². The van der Waals surface area contributed by atoms with Gasteiger partial charge in [-0.15, -0.1) is 11.6 Å². The zero-order valence-corrected chi connectivity index (χ0v) is 14.6. The van der Waals surface area contributed by atoms with Gasteiger partial charge in [-0.25, -0.2) is 4.98 Å². The summed E-state index contributed by atoms with van der Waals surface area (Å²) in [6.07, 6.45) is 3.12. The number of hydrogen-bond acceptors (Lipinski definition) is 1. The van der Waals surface area contributed by atoms with E-state index in [2.05, 4.69) is 66.1 Å². The van der Waals surface area contributed by atoms with Crippen LogP contribution in [0.15, 0.2) is 18.2 Å². The highest BCUT2D eigenvalue weighted by Gasteiger charge is 2.24. The second-order valence-electron chi connectivity index (χ2n) is 5.50. The van der Waals surface area contributed by atoms with Gasteiger partial charge in [0.25, 0.3) is 0 Å². The summed E-state index contributed by atoms with van der Waals surface area (Å²) in [5, 5.41) is 0. The summed E-state index contributed by atoms with van der Waals surface area (Å²) in [5.41, 5.74) is 2.38. The van der Waals surface area contributed by atoms with Crippen LogP contribution < -0.4 is 0 Å². The lowest BCUT2D eigenvalue weighted by molar-refractivity contribution is 0.324. The lowest BCUT2D eigenvalue weighted by Gasteiger charge is -2.29. The van der Waals surface area contributed by atoms with Crippen molar-refractivity contribution in [1.29, 1.82) is 0 Å². The number of rotatable bonds is 5. The number of aryl methyl sites for hydroxylation is 1. The van der Waals surface area contributed by atoms with Crippen LogP contribution in [0.3, 0.4) is 0 Å². The van der Waals surface area contributed by atoms with Crippen LogP contribution in [-0.4, -0.2) is 15.4 Å². The third kappa shape index (κ3) is 3.07. The third-order valence-electron chi connectivity index (χ3n) is 3.47. The van der Waals surface area contributed by atoms with E-state index in [0.717, 1.165) is 30.6 Å². The molecule has 0 unspecified atom stereocenters. The van der Waals surface area contributed by atoms with Gasteiger partial charge in [-0.1, -0.05) is 13.3 Å². The number of alkyl halides is 1. The first-order valence-electron chi connectivity index (χ1n) is 6.73. The lowest BCUT2D eigenvalue weighted by atomic mass is 9.98. The highest BCUT2D eigenvalue weighted by Crippen LogP contribution is 2.30. The van der Waals surface area contributed by atoms with Crippen molar-refractivity contribution in [2.45, 2.75) is 45.6 Å². The molecule has 2 nitrogen and oxygen atoms in total. The molecular weight excluding hydrogens is 371 g/mol. The Bertz CT molecular complexity index is 575. The number of aromatic nitrogens is 2. The maximum absolute atomic E-state index is 5.94. The Hall–Kier alpha value is -0.290. The highest BCUT2D eigenvalue weighted by atomic mass is 127. The van der Waals surface area contributed by atoms with Crippen LogP contribution in [-0.2, 0) is 12.0 Å². The van der Waals surface area contributed by atoms with Crippen molar-refractivity contribution in [3.8, 4) is 0 Å². The van der Waals surface area contributed by atoms with E-state index in [1.54, 1.807) is 0 Å². The van der Waals surface area contributed by atoms with E-state index in [1.165, 1.54) is 9.09 Å². The Morgan fingerprint density at radius 1 is 1.37 bits per heavy atom. The zero-order chi connectivity index (χ0) is 14.0. The molecule has 1 aromatic heterocycles. The number of nitrogens with zero attached hydrogens (tertiary/aromatic N) is 2. The molecule has 0 radical (unpaired) electrons. The predicted molar refractivity (Wildman–Crippen MR) is 91.1 cm³/mol. The second-order valence-corrected chi connectivity index (χ2v) is 7.12. The van der Waals surface area contributed by atoms with E-state index < -0.39 is 0 Å². The molecule has 0 saturated heterocycles. The Kier molecular flexibility index (Phi) is 4.77. The molecular formula is C15H20ClIN2. The van der Waals surface area contributed by atoms with Gasteiger partial charge in [-0.3, -0.25) is 0 Å². The molecule has 0 spiro atoms. The molecule has 0 N–H and O–H groups in total. The molecule has 0 saturated carbocycles. The third-order valence-corrected chi connectivity index (χ3v) is 4.33. The Morgan fingerprint density at radius 3 is 2.74 bits per heavy atom. The number of fused-ring (bicyclic) bond motifs is 1. The summed E-state index contributed by atoms with van der Waals surface area (Å²) < 4.78 is 3.60. The van der Waals surface area contributed by atoms with E-state index in [-0.39, 0.29) is 5.54 Å². The van der Waals surface area contributed by atoms with Crippen molar-refractivity contribution in [2.24, 2.45) is 0 Å². The van der Waals surface area contributed by atoms with Crippen molar-refractivity contribution < 1.29 is 0 Å². The molecule has 104 valence electrons. The van der Waals surface area contributed by atoms with Crippen molar-refractivity contribution in [2.75, 3.05) is 5.88 Å². The van der Waals surface area contributed by atoms with E-state index in [4.69, 9.17) is 16.6 Å². The largest absolute Gasteiger partial charge is 0.322 e. The van der Waals surface area contributed by atoms with Crippen molar-refractivity contribution in [3.63, 3.8) is 0 Å². The minimum Gasteiger partial charge on any atom is -0.322 e. The van der Waals surface area contributed by atoms with Gasteiger partial charge in [0.05, 0.1) is 11.0 Å². The first kappa shape index (κ1) is 15.1. The molecule has 4 heteroatoms. The Balaban J connectivity index is 2.64. The molecule has 0 aliphatic heterocycles. The highest BCUT2D eigenvalue weighted by molar-refractivity contribution is 14.1. The molecule has 0 aliphatic rings. The minimum atomic E-state index is 0.0810. The van der Waals surface area contributed by atoms with Gasteiger partial charge in [0.1, 0.15) is 5.82 Å². The van der Waals surface area contributed by atoms with Crippen LogP contribution in [0.5, 0.6) is 0 Å². The van der Waals surface area contributed by atoms with Crippen molar-refractivity contribution in [3.05, 3.63) is 27.6 Å². The van der Waals surface area contributed by atoms with E-state index in [0.29, 0.717) is 5.88 Å². The fraction of sp³-hybridized carbons (Fsp3) is 0.533. The molecule has 19 heavy (non-hydrogen) atoms. The van der Waals surface area contributed by atoms with Crippen LogP contribution in [0.1, 0.15) is 39.4 Å². The number of hydrogen-bond donors (Lipinski definition) is 0. The molecule has 2 rings (SSSR count). The zero-order valence-electron chi connectivity index (χ0n) is 11.7. The first-order chi connectivity index (χ1) is 8.99. The average molecular weight is 391 g/mol. The SMILES string of the molecule is CCCC(C)(C)n1c(CCCl)nc2cc(I)ccc21. The monoisotopic (exact) mass is 390 g/mol. The van der Waals surface area contributed by atoms with E-state index in [1.807, 2.05) is 0 Å². The van der Waals surface area contributed by atoms with Crippen LogP contribution in [0.2, 0.25) is 0 Å². The molecule has 1 aromatic carbocycles. The molecule has 0 fully saturated rings. The average Bonchev–Trinajstić information content (AvgIpc) is 2.67. The van der Waals surface area contributed by atoms with E-state index >= 15 is 0 Å². The Labute approximate surface area is 133 Å². The summed E-state index contributed by atoms with van der Waals surface area (Å²) >= 11 is 8.27.